The number of benzene rings is 1. The lowest BCUT2D eigenvalue weighted by Gasteiger charge is -2.06. The van der Waals surface area contributed by atoms with Gasteiger partial charge in [-0.3, -0.25) is 0 Å². The summed E-state index contributed by atoms with van der Waals surface area (Å²) in [5, 5.41) is 0. The maximum atomic E-state index is 5.52. The molecule has 0 aromatic heterocycles. The van der Waals surface area contributed by atoms with Crippen molar-refractivity contribution in [2.24, 2.45) is 0 Å². The molecule has 1 aromatic rings. The van der Waals surface area contributed by atoms with Crippen molar-refractivity contribution in [3.8, 4) is 5.75 Å². The summed E-state index contributed by atoms with van der Waals surface area (Å²) in [5.74, 6) is 1.75. The first-order valence-electron chi connectivity index (χ1n) is 4.25. The Morgan fingerprint density at radius 2 is 2.00 bits per heavy atom. The van der Waals surface area contributed by atoms with Crippen LogP contribution in [0.3, 0.4) is 0 Å². The molecule has 0 N–H and O–H groups in total. The first kappa shape index (κ1) is 10.9. The molecule has 0 saturated carbocycles. The molecule has 0 fully saturated rings. The van der Waals surface area contributed by atoms with E-state index in [4.69, 9.17) is 21.1 Å². The fourth-order valence-corrected chi connectivity index (χ4v) is 1.02. The third-order valence-corrected chi connectivity index (χ3v) is 2.05. The van der Waals surface area contributed by atoms with Crippen LogP contribution in [-0.2, 0) is 11.3 Å². The fourth-order valence-electron chi connectivity index (χ4n) is 0.946. The van der Waals surface area contributed by atoms with Gasteiger partial charge in [0.15, 0.2) is 0 Å². The van der Waals surface area contributed by atoms with Crippen LogP contribution in [0.25, 0.3) is 0 Å². The van der Waals surface area contributed by atoms with Crippen molar-refractivity contribution in [3.63, 3.8) is 0 Å². The van der Waals surface area contributed by atoms with Gasteiger partial charge in [0.25, 0.3) is 0 Å². The number of rotatable bonds is 5. The number of methoxy groups -OCH3 is 1. The summed E-state index contributed by atoms with van der Waals surface area (Å²) in [5.41, 5.74) is 1.07. The maximum absolute atomic E-state index is 5.52. The average molecular weight is 213 g/mol. The SMILES string of the molecule is C=C(CCl)OCc1ccc(OC)cc1. The van der Waals surface area contributed by atoms with Crippen LogP contribution in [-0.4, -0.2) is 13.0 Å². The summed E-state index contributed by atoms with van der Waals surface area (Å²) in [7, 11) is 1.64. The highest BCUT2D eigenvalue weighted by Gasteiger charge is 1.96. The van der Waals surface area contributed by atoms with Crippen LogP contribution in [0, 0.1) is 0 Å². The van der Waals surface area contributed by atoms with Crippen molar-refractivity contribution >= 4 is 11.6 Å². The van der Waals surface area contributed by atoms with Gasteiger partial charge in [0.1, 0.15) is 18.1 Å². The summed E-state index contributed by atoms with van der Waals surface area (Å²) in [6.07, 6.45) is 0. The van der Waals surface area contributed by atoms with E-state index in [1.54, 1.807) is 7.11 Å². The number of alkyl halides is 1. The molecule has 2 nitrogen and oxygen atoms in total. The molecule has 0 atom stereocenters. The molecule has 0 unspecified atom stereocenters. The molecular weight excluding hydrogens is 200 g/mol. The fraction of sp³-hybridized carbons (Fsp3) is 0.273. The van der Waals surface area contributed by atoms with Crippen LogP contribution in [0.5, 0.6) is 5.75 Å². The van der Waals surface area contributed by atoms with Gasteiger partial charge in [0, 0.05) is 0 Å². The standard InChI is InChI=1S/C11H13ClO2/c1-9(7-12)14-8-10-3-5-11(13-2)6-4-10/h3-6H,1,7-8H2,2H3. The van der Waals surface area contributed by atoms with Gasteiger partial charge in [-0.15, -0.1) is 11.6 Å². The van der Waals surface area contributed by atoms with Crippen LogP contribution in [0.4, 0.5) is 0 Å². The molecular formula is C11H13ClO2. The molecule has 14 heavy (non-hydrogen) atoms. The minimum Gasteiger partial charge on any atom is -0.497 e. The first-order chi connectivity index (χ1) is 6.76. The number of hydrogen-bond donors (Lipinski definition) is 0. The minimum atomic E-state index is 0.330. The zero-order valence-corrected chi connectivity index (χ0v) is 8.88. The van der Waals surface area contributed by atoms with Crippen LogP contribution in [0.15, 0.2) is 36.6 Å². The number of ether oxygens (including phenoxy) is 2. The molecule has 0 aliphatic rings. The lowest BCUT2D eigenvalue weighted by Crippen LogP contribution is -1.93. The van der Waals surface area contributed by atoms with E-state index >= 15 is 0 Å². The van der Waals surface area contributed by atoms with Gasteiger partial charge in [-0.1, -0.05) is 18.7 Å². The maximum Gasteiger partial charge on any atom is 0.118 e. The average Bonchev–Trinajstić information content (AvgIpc) is 2.26. The van der Waals surface area contributed by atoms with E-state index in [2.05, 4.69) is 6.58 Å². The summed E-state index contributed by atoms with van der Waals surface area (Å²) in [6, 6.07) is 7.67. The van der Waals surface area contributed by atoms with Gasteiger partial charge in [-0.2, -0.15) is 0 Å². The number of hydrogen-bond acceptors (Lipinski definition) is 2. The molecule has 0 saturated heterocycles. The van der Waals surface area contributed by atoms with Gasteiger partial charge in [0.2, 0.25) is 0 Å². The van der Waals surface area contributed by atoms with Crippen LogP contribution < -0.4 is 4.74 Å². The predicted molar refractivity (Wildman–Crippen MR) is 57.6 cm³/mol. The van der Waals surface area contributed by atoms with Crippen LogP contribution in [0.1, 0.15) is 5.56 Å². The third kappa shape index (κ3) is 3.30. The second-order valence-electron chi connectivity index (χ2n) is 2.81. The molecule has 0 heterocycles. The number of allylic oxidation sites excluding steroid dienone is 1. The van der Waals surface area contributed by atoms with E-state index in [0.29, 0.717) is 18.2 Å². The van der Waals surface area contributed by atoms with Crippen LogP contribution in [0.2, 0.25) is 0 Å². The highest BCUT2D eigenvalue weighted by Crippen LogP contribution is 2.12. The highest BCUT2D eigenvalue weighted by molar-refractivity contribution is 6.19. The van der Waals surface area contributed by atoms with E-state index in [-0.39, 0.29) is 0 Å². The van der Waals surface area contributed by atoms with E-state index in [0.717, 1.165) is 11.3 Å². The lowest BCUT2D eigenvalue weighted by atomic mass is 10.2. The van der Waals surface area contributed by atoms with Crippen molar-refractivity contribution in [2.75, 3.05) is 13.0 Å². The molecule has 76 valence electrons. The Bertz CT molecular complexity index is 293. The van der Waals surface area contributed by atoms with Gasteiger partial charge >= 0.3 is 0 Å². The Kier molecular flexibility index (Phi) is 4.33. The van der Waals surface area contributed by atoms with Gasteiger partial charge < -0.3 is 9.47 Å². The molecule has 0 aliphatic heterocycles. The second kappa shape index (κ2) is 5.55. The Hall–Kier alpha value is -1.15. The highest BCUT2D eigenvalue weighted by atomic mass is 35.5. The lowest BCUT2D eigenvalue weighted by molar-refractivity contribution is 0.203. The second-order valence-corrected chi connectivity index (χ2v) is 3.08. The zero-order valence-electron chi connectivity index (χ0n) is 8.13. The molecule has 0 aliphatic carbocycles. The van der Waals surface area contributed by atoms with Crippen molar-refractivity contribution in [1.29, 1.82) is 0 Å². The summed E-state index contributed by atoms with van der Waals surface area (Å²) < 4.78 is 10.3. The molecule has 0 spiro atoms. The molecule has 1 rings (SSSR count). The monoisotopic (exact) mass is 212 g/mol. The summed E-state index contributed by atoms with van der Waals surface area (Å²) in [6.45, 7) is 4.14. The largest absolute Gasteiger partial charge is 0.497 e. The molecule has 0 bridgehead atoms. The first-order valence-corrected chi connectivity index (χ1v) is 4.79. The Balaban J connectivity index is 2.47. The molecule has 0 radical (unpaired) electrons. The topological polar surface area (TPSA) is 18.5 Å². The minimum absolute atomic E-state index is 0.330. The van der Waals surface area contributed by atoms with E-state index in [1.165, 1.54) is 0 Å². The van der Waals surface area contributed by atoms with E-state index in [1.807, 2.05) is 24.3 Å². The molecule has 1 aromatic carbocycles. The van der Waals surface area contributed by atoms with Crippen molar-refractivity contribution < 1.29 is 9.47 Å². The Labute approximate surface area is 89.1 Å². The summed E-state index contributed by atoms with van der Waals surface area (Å²) >= 11 is 5.52. The van der Waals surface area contributed by atoms with Crippen molar-refractivity contribution in [3.05, 3.63) is 42.2 Å². The van der Waals surface area contributed by atoms with Crippen LogP contribution >= 0.6 is 11.6 Å². The zero-order chi connectivity index (χ0) is 10.4. The quantitative estimate of drug-likeness (QED) is 0.552. The Morgan fingerprint density at radius 3 is 2.50 bits per heavy atom. The summed E-state index contributed by atoms with van der Waals surface area (Å²) in [4.78, 5) is 0. The van der Waals surface area contributed by atoms with Gasteiger partial charge in [0.05, 0.1) is 13.0 Å². The van der Waals surface area contributed by atoms with Gasteiger partial charge in [-0.05, 0) is 17.7 Å². The van der Waals surface area contributed by atoms with E-state index in [9.17, 15) is 0 Å². The third-order valence-electron chi connectivity index (χ3n) is 1.75. The number of halogens is 1. The van der Waals surface area contributed by atoms with Crippen molar-refractivity contribution in [1.82, 2.24) is 0 Å². The Morgan fingerprint density at radius 1 is 1.36 bits per heavy atom. The predicted octanol–water partition coefficient (Wildman–Crippen LogP) is 2.96. The van der Waals surface area contributed by atoms with E-state index < -0.39 is 0 Å². The smallest absolute Gasteiger partial charge is 0.118 e. The van der Waals surface area contributed by atoms with Gasteiger partial charge in [-0.25, -0.2) is 0 Å². The normalized spacial score (nSPS) is 9.57. The molecule has 3 heteroatoms. The molecule has 0 amide bonds. The van der Waals surface area contributed by atoms with Crippen molar-refractivity contribution in [2.45, 2.75) is 6.61 Å².